The normalized spacial score (nSPS) is 13.9. The van der Waals surface area contributed by atoms with Crippen LogP contribution in [0, 0.1) is 0 Å². The van der Waals surface area contributed by atoms with E-state index in [1.165, 1.54) is 66.8 Å². The van der Waals surface area contributed by atoms with Crippen molar-refractivity contribution in [2.45, 2.75) is 10.8 Å². The molecule has 0 aliphatic heterocycles. The average molecular weight is 637 g/mol. The molecule has 2 aliphatic carbocycles. The van der Waals surface area contributed by atoms with Crippen molar-refractivity contribution in [1.82, 2.24) is 0 Å². The Labute approximate surface area is 295 Å². The first kappa shape index (κ1) is 29.9. The number of rotatable bonds is 4. The lowest BCUT2D eigenvalue weighted by molar-refractivity contribution is 0.768. The standard InChI is InChI=1S/2C25H18/c2*1-3-11-19(12-4-1)25(20-13-5-2-6-14-20)23-17-9-7-15-21(23)22-16-8-10-18-24(22)25/h2*1-18H. The summed E-state index contributed by atoms with van der Waals surface area (Å²) < 4.78 is 0. The van der Waals surface area contributed by atoms with Crippen LogP contribution in [0.25, 0.3) is 22.3 Å². The molecule has 0 bridgehead atoms. The van der Waals surface area contributed by atoms with Crippen LogP contribution in [0.15, 0.2) is 218 Å². The van der Waals surface area contributed by atoms with E-state index in [0.29, 0.717) is 0 Å². The molecule has 0 unspecified atom stereocenters. The summed E-state index contributed by atoms with van der Waals surface area (Å²) in [5, 5.41) is 0. The first-order chi connectivity index (χ1) is 24.8. The van der Waals surface area contributed by atoms with Gasteiger partial charge in [0.05, 0.1) is 10.8 Å². The second kappa shape index (κ2) is 12.3. The van der Waals surface area contributed by atoms with Crippen molar-refractivity contribution in [1.29, 1.82) is 0 Å². The highest BCUT2D eigenvalue weighted by Crippen LogP contribution is 2.57. The third-order valence-corrected chi connectivity index (χ3v) is 10.7. The summed E-state index contributed by atoms with van der Waals surface area (Å²) in [5.74, 6) is 0. The van der Waals surface area contributed by atoms with E-state index in [1.54, 1.807) is 0 Å². The molecule has 0 nitrogen and oxygen atoms in total. The second-order valence-corrected chi connectivity index (χ2v) is 13.1. The van der Waals surface area contributed by atoms with Crippen molar-refractivity contribution in [2.75, 3.05) is 0 Å². The van der Waals surface area contributed by atoms with Gasteiger partial charge in [0.2, 0.25) is 0 Å². The molecule has 0 aromatic heterocycles. The molecule has 2 aliphatic rings. The van der Waals surface area contributed by atoms with Crippen molar-refractivity contribution in [3.8, 4) is 22.3 Å². The van der Waals surface area contributed by atoms with Crippen LogP contribution in [0.3, 0.4) is 0 Å². The SMILES string of the molecule is c1ccc(C2(c3ccccc3)c3ccccc3-c3ccccc32)cc1.c1ccc(C2(c3ccccc3)c3ccccc3-c3ccccc32)cc1. The fourth-order valence-corrected chi connectivity index (χ4v) is 8.80. The minimum atomic E-state index is -0.254. The highest BCUT2D eigenvalue weighted by atomic mass is 14.5. The maximum atomic E-state index is 2.29. The lowest BCUT2D eigenvalue weighted by Gasteiger charge is -2.33. The third-order valence-electron chi connectivity index (χ3n) is 10.7. The van der Waals surface area contributed by atoms with Crippen molar-refractivity contribution in [3.05, 3.63) is 263 Å². The Kier molecular flexibility index (Phi) is 7.37. The van der Waals surface area contributed by atoms with Crippen molar-refractivity contribution in [3.63, 3.8) is 0 Å². The van der Waals surface area contributed by atoms with E-state index in [4.69, 9.17) is 0 Å². The fourth-order valence-electron chi connectivity index (χ4n) is 8.80. The summed E-state index contributed by atoms with van der Waals surface area (Å²) in [5.41, 5.74) is 15.6. The van der Waals surface area contributed by atoms with Crippen molar-refractivity contribution >= 4 is 0 Å². The van der Waals surface area contributed by atoms with Gasteiger partial charge in [0.15, 0.2) is 0 Å². The summed E-state index contributed by atoms with van der Waals surface area (Å²) in [6.45, 7) is 0. The Hall–Kier alpha value is -6.24. The van der Waals surface area contributed by atoms with Crippen LogP contribution in [0.2, 0.25) is 0 Å². The molecule has 0 heterocycles. The number of hydrogen-bond acceptors (Lipinski definition) is 0. The maximum Gasteiger partial charge on any atom is 0.0713 e. The molecule has 0 fully saturated rings. The zero-order valence-electron chi connectivity index (χ0n) is 27.8. The maximum absolute atomic E-state index is 2.29. The molecule has 236 valence electrons. The molecule has 10 rings (SSSR count). The Morgan fingerprint density at radius 1 is 0.180 bits per heavy atom. The third kappa shape index (κ3) is 4.39. The minimum Gasteiger partial charge on any atom is -0.0622 e. The van der Waals surface area contributed by atoms with Crippen molar-refractivity contribution in [2.24, 2.45) is 0 Å². The fraction of sp³-hybridized carbons (Fsp3) is 0.0400. The average Bonchev–Trinajstić information content (AvgIpc) is 3.69. The summed E-state index contributed by atoms with van der Waals surface area (Å²) >= 11 is 0. The highest BCUT2D eigenvalue weighted by molar-refractivity contribution is 5.87. The van der Waals surface area contributed by atoms with Crippen LogP contribution < -0.4 is 0 Å². The first-order valence-electron chi connectivity index (χ1n) is 17.5. The molecular formula is C50H36. The predicted octanol–water partition coefficient (Wildman–Crippen LogP) is 12.1. The first-order valence-corrected chi connectivity index (χ1v) is 17.5. The number of hydrogen-bond donors (Lipinski definition) is 0. The quantitative estimate of drug-likeness (QED) is 0.180. The molecule has 0 radical (unpaired) electrons. The van der Waals surface area contributed by atoms with E-state index >= 15 is 0 Å². The predicted molar refractivity (Wildman–Crippen MR) is 207 cm³/mol. The molecule has 0 N–H and O–H groups in total. The van der Waals surface area contributed by atoms with Crippen LogP contribution >= 0.6 is 0 Å². The zero-order valence-corrected chi connectivity index (χ0v) is 27.8. The lowest BCUT2D eigenvalue weighted by atomic mass is 9.68. The molecule has 8 aromatic carbocycles. The second-order valence-electron chi connectivity index (χ2n) is 13.1. The van der Waals surface area contributed by atoms with E-state index in [9.17, 15) is 0 Å². The summed E-state index contributed by atoms with van der Waals surface area (Å²) in [6, 6.07) is 78.9. The van der Waals surface area contributed by atoms with Gasteiger partial charge in [-0.2, -0.15) is 0 Å². The molecule has 0 heteroatoms. The van der Waals surface area contributed by atoms with Gasteiger partial charge in [0, 0.05) is 0 Å². The van der Waals surface area contributed by atoms with Crippen molar-refractivity contribution < 1.29 is 0 Å². The van der Waals surface area contributed by atoms with E-state index in [1.807, 2.05) is 0 Å². The number of fused-ring (bicyclic) bond motifs is 6. The highest BCUT2D eigenvalue weighted by Gasteiger charge is 2.46. The lowest BCUT2D eigenvalue weighted by Crippen LogP contribution is -2.28. The van der Waals surface area contributed by atoms with Crippen LogP contribution in [-0.4, -0.2) is 0 Å². The van der Waals surface area contributed by atoms with E-state index < -0.39 is 0 Å². The van der Waals surface area contributed by atoms with Crippen LogP contribution in [0.4, 0.5) is 0 Å². The van der Waals surface area contributed by atoms with Crippen LogP contribution in [0.5, 0.6) is 0 Å². The van der Waals surface area contributed by atoms with E-state index in [-0.39, 0.29) is 10.8 Å². The summed E-state index contributed by atoms with van der Waals surface area (Å²) in [4.78, 5) is 0. The van der Waals surface area contributed by atoms with Gasteiger partial charge < -0.3 is 0 Å². The summed E-state index contributed by atoms with van der Waals surface area (Å²) in [6.07, 6.45) is 0. The molecule has 0 saturated heterocycles. The van der Waals surface area contributed by atoms with Gasteiger partial charge in [-0.25, -0.2) is 0 Å². The zero-order chi connectivity index (χ0) is 33.4. The Balaban J connectivity index is 0.000000135. The topological polar surface area (TPSA) is 0 Å². The monoisotopic (exact) mass is 636 g/mol. The van der Waals surface area contributed by atoms with Crippen LogP contribution in [0.1, 0.15) is 44.5 Å². The minimum absolute atomic E-state index is 0.254. The van der Waals surface area contributed by atoms with Gasteiger partial charge in [-0.05, 0) is 66.8 Å². The smallest absolute Gasteiger partial charge is 0.0622 e. The Bertz CT molecular complexity index is 2060. The van der Waals surface area contributed by atoms with E-state index in [0.717, 1.165) is 0 Å². The van der Waals surface area contributed by atoms with Gasteiger partial charge in [-0.3, -0.25) is 0 Å². The molecular weight excluding hydrogens is 601 g/mol. The molecule has 50 heavy (non-hydrogen) atoms. The Morgan fingerprint density at radius 3 is 0.580 bits per heavy atom. The molecule has 0 atom stereocenters. The summed E-state index contributed by atoms with van der Waals surface area (Å²) in [7, 11) is 0. The molecule has 0 saturated carbocycles. The largest absolute Gasteiger partial charge is 0.0713 e. The van der Waals surface area contributed by atoms with E-state index in [2.05, 4.69) is 218 Å². The van der Waals surface area contributed by atoms with Gasteiger partial charge >= 0.3 is 0 Å². The van der Waals surface area contributed by atoms with Gasteiger partial charge in [-0.15, -0.1) is 0 Å². The molecule has 0 amide bonds. The van der Waals surface area contributed by atoms with Gasteiger partial charge in [0.25, 0.3) is 0 Å². The molecule has 8 aromatic rings. The number of benzene rings is 8. The van der Waals surface area contributed by atoms with Crippen LogP contribution in [-0.2, 0) is 10.8 Å². The molecule has 0 spiro atoms. The van der Waals surface area contributed by atoms with Gasteiger partial charge in [-0.1, -0.05) is 218 Å². The Morgan fingerprint density at radius 2 is 0.360 bits per heavy atom. The van der Waals surface area contributed by atoms with Gasteiger partial charge in [0.1, 0.15) is 0 Å².